The lowest BCUT2D eigenvalue weighted by Crippen LogP contribution is -2.38. The smallest absolute Gasteiger partial charge is 0.220 e. The Balaban J connectivity index is 0.00000364. The zero-order valence-corrected chi connectivity index (χ0v) is 19.1. The summed E-state index contributed by atoms with van der Waals surface area (Å²) in [7, 11) is 1.63. The van der Waals surface area contributed by atoms with E-state index in [1.165, 1.54) is 0 Å². The predicted octanol–water partition coefficient (Wildman–Crippen LogP) is 3.12. The second-order valence-electron chi connectivity index (χ2n) is 6.34. The van der Waals surface area contributed by atoms with Gasteiger partial charge in [-0.25, -0.2) is 0 Å². The van der Waals surface area contributed by atoms with E-state index in [1.54, 1.807) is 7.11 Å². The fourth-order valence-electron chi connectivity index (χ4n) is 2.47. The maximum atomic E-state index is 11.7. The molecule has 1 saturated carbocycles. The minimum atomic E-state index is 0. The van der Waals surface area contributed by atoms with Crippen molar-refractivity contribution in [3.05, 3.63) is 28.8 Å². The Morgan fingerprint density at radius 3 is 2.74 bits per heavy atom. The summed E-state index contributed by atoms with van der Waals surface area (Å²) in [5.74, 6) is 1.65. The number of hydrogen-bond donors (Lipinski definition) is 3. The first-order valence-electron chi connectivity index (χ1n) is 9.26. The zero-order chi connectivity index (χ0) is 18.8. The van der Waals surface area contributed by atoms with Crippen molar-refractivity contribution in [2.75, 3.05) is 26.7 Å². The van der Waals surface area contributed by atoms with Gasteiger partial charge in [0.1, 0.15) is 5.75 Å². The van der Waals surface area contributed by atoms with Gasteiger partial charge < -0.3 is 20.7 Å². The van der Waals surface area contributed by atoms with Gasteiger partial charge in [0.05, 0.1) is 7.11 Å². The van der Waals surface area contributed by atoms with Gasteiger partial charge in [-0.1, -0.05) is 17.7 Å². The number of methoxy groups -OCH3 is 1. The average Bonchev–Trinajstić information content (AvgIpc) is 3.43. The summed E-state index contributed by atoms with van der Waals surface area (Å²) in [6.45, 7) is 4.16. The van der Waals surface area contributed by atoms with Gasteiger partial charge >= 0.3 is 0 Å². The van der Waals surface area contributed by atoms with Gasteiger partial charge in [-0.15, -0.1) is 24.0 Å². The molecule has 1 fully saturated rings. The van der Waals surface area contributed by atoms with E-state index in [4.69, 9.17) is 16.3 Å². The van der Waals surface area contributed by atoms with E-state index >= 15 is 0 Å². The fourth-order valence-corrected chi connectivity index (χ4v) is 2.74. The summed E-state index contributed by atoms with van der Waals surface area (Å²) in [6, 6.07) is 6.14. The summed E-state index contributed by atoms with van der Waals surface area (Å²) in [5.41, 5.74) is 1.06. The van der Waals surface area contributed by atoms with Gasteiger partial charge in [0.25, 0.3) is 0 Å². The Labute approximate surface area is 183 Å². The highest BCUT2D eigenvalue weighted by Gasteiger charge is 2.22. The van der Waals surface area contributed by atoms with Crippen molar-refractivity contribution in [1.29, 1.82) is 0 Å². The van der Waals surface area contributed by atoms with E-state index < -0.39 is 0 Å². The van der Waals surface area contributed by atoms with E-state index in [2.05, 4.69) is 20.9 Å². The molecule has 0 unspecified atom stereocenters. The lowest BCUT2D eigenvalue weighted by molar-refractivity contribution is -0.121. The number of rotatable bonds is 10. The Bertz CT molecular complexity index is 624. The predicted molar refractivity (Wildman–Crippen MR) is 122 cm³/mol. The second kappa shape index (κ2) is 13.0. The number of aliphatic imine (C=N–C) groups is 1. The Kier molecular flexibility index (Phi) is 11.5. The summed E-state index contributed by atoms with van der Waals surface area (Å²) in [4.78, 5) is 16.2. The molecule has 6 nitrogen and oxygen atoms in total. The van der Waals surface area contributed by atoms with Crippen molar-refractivity contribution in [3.63, 3.8) is 0 Å². The molecule has 8 heteroatoms. The molecule has 0 aliphatic heterocycles. The molecule has 0 spiro atoms. The van der Waals surface area contributed by atoms with E-state index in [9.17, 15) is 4.79 Å². The lowest BCUT2D eigenvalue weighted by atomic mass is 10.1. The lowest BCUT2D eigenvalue weighted by Gasteiger charge is -2.12. The Morgan fingerprint density at radius 2 is 2.11 bits per heavy atom. The number of halogens is 2. The summed E-state index contributed by atoms with van der Waals surface area (Å²) in [5, 5.41) is 10.2. The topological polar surface area (TPSA) is 74.8 Å². The van der Waals surface area contributed by atoms with Crippen molar-refractivity contribution >= 4 is 47.4 Å². The highest BCUT2D eigenvalue weighted by atomic mass is 127. The van der Waals surface area contributed by atoms with Crippen LogP contribution >= 0.6 is 35.6 Å². The van der Waals surface area contributed by atoms with Crippen LogP contribution in [0.2, 0.25) is 5.02 Å². The molecular weight excluding hydrogens is 479 g/mol. The quantitative estimate of drug-likeness (QED) is 0.196. The monoisotopic (exact) mass is 508 g/mol. The maximum Gasteiger partial charge on any atom is 0.220 e. The largest absolute Gasteiger partial charge is 0.497 e. The third-order valence-electron chi connectivity index (χ3n) is 4.07. The Morgan fingerprint density at radius 1 is 1.33 bits per heavy atom. The van der Waals surface area contributed by atoms with Crippen LogP contribution in [0.15, 0.2) is 23.2 Å². The van der Waals surface area contributed by atoms with Crippen molar-refractivity contribution in [1.82, 2.24) is 16.0 Å². The third-order valence-corrected chi connectivity index (χ3v) is 4.42. The first-order valence-corrected chi connectivity index (χ1v) is 9.64. The minimum absolute atomic E-state index is 0. The number of amides is 1. The molecular formula is C19H30ClIN4O2. The van der Waals surface area contributed by atoms with Crippen LogP contribution in [-0.4, -0.2) is 44.7 Å². The van der Waals surface area contributed by atoms with Gasteiger partial charge in [0.15, 0.2) is 5.96 Å². The van der Waals surface area contributed by atoms with Crippen LogP contribution in [0.4, 0.5) is 0 Å². The van der Waals surface area contributed by atoms with E-state index in [0.717, 1.165) is 56.0 Å². The van der Waals surface area contributed by atoms with E-state index in [1.807, 2.05) is 25.1 Å². The molecule has 1 aromatic carbocycles. The van der Waals surface area contributed by atoms with E-state index in [-0.39, 0.29) is 29.9 Å². The molecule has 1 aromatic rings. The summed E-state index contributed by atoms with van der Waals surface area (Å²) >= 11 is 6.27. The highest BCUT2D eigenvalue weighted by molar-refractivity contribution is 14.0. The molecule has 3 N–H and O–H groups in total. The molecule has 0 radical (unpaired) electrons. The van der Waals surface area contributed by atoms with Crippen LogP contribution < -0.4 is 20.7 Å². The minimum Gasteiger partial charge on any atom is -0.497 e. The first-order chi connectivity index (χ1) is 12.6. The van der Waals surface area contributed by atoms with Crippen molar-refractivity contribution in [2.24, 2.45) is 4.99 Å². The summed E-state index contributed by atoms with van der Waals surface area (Å²) in [6.07, 6.45) is 4.31. The zero-order valence-electron chi connectivity index (χ0n) is 16.0. The van der Waals surface area contributed by atoms with E-state index in [0.29, 0.717) is 24.0 Å². The molecule has 1 amide bonds. The van der Waals surface area contributed by atoms with Gasteiger partial charge in [0.2, 0.25) is 5.91 Å². The molecule has 1 aliphatic carbocycles. The maximum absolute atomic E-state index is 11.7. The summed E-state index contributed by atoms with van der Waals surface area (Å²) < 4.78 is 5.16. The van der Waals surface area contributed by atoms with Crippen molar-refractivity contribution in [2.45, 2.75) is 45.1 Å². The number of guanidine groups is 1. The molecule has 0 heterocycles. The number of carbonyl (C=O) groups is 1. The van der Waals surface area contributed by atoms with Crippen LogP contribution in [0.25, 0.3) is 0 Å². The first kappa shape index (κ1) is 23.8. The molecule has 152 valence electrons. The second-order valence-corrected chi connectivity index (χ2v) is 6.75. The normalized spacial score (nSPS) is 13.5. The van der Waals surface area contributed by atoms with Crippen molar-refractivity contribution in [3.8, 4) is 5.75 Å². The standard InChI is InChI=1S/C19H29ClN4O2.HI/c1-3-21-19(22-11-4-5-18(25)24-15-7-8-15)23-12-10-14-6-9-16(26-2)13-17(14)20;/h6,9,13,15H,3-5,7-8,10-12H2,1-2H3,(H,24,25)(H2,21,22,23);1H. The average molecular weight is 509 g/mol. The fraction of sp³-hybridized carbons (Fsp3) is 0.579. The molecule has 27 heavy (non-hydrogen) atoms. The molecule has 0 saturated heterocycles. The molecule has 2 rings (SSSR count). The van der Waals surface area contributed by atoms with Crippen LogP contribution in [0.3, 0.4) is 0 Å². The number of nitrogens with zero attached hydrogens (tertiary/aromatic N) is 1. The van der Waals surface area contributed by atoms with Crippen molar-refractivity contribution < 1.29 is 9.53 Å². The number of ether oxygens (including phenoxy) is 1. The van der Waals surface area contributed by atoms with Gasteiger partial charge in [-0.05, 0) is 50.3 Å². The number of benzene rings is 1. The van der Waals surface area contributed by atoms with Gasteiger partial charge in [-0.3, -0.25) is 9.79 Å². The molecule has 0 atom stereocenters. The number of hydrogen-bond acceptors (Lipinski definition) is 3. The third kappa shape index (κ3) is 9.51. The van der Waals surface area contributed by atoms with Crippen LogP contribution in [-0.2, 0) is 11.2 Å². The van der Waals surface area contributed by atoms with Gasteiger partial charge in [-0.2, -0.15) is 0 Å². The van der Waals surface area contributed by atoms with Crippen LogP contribution in [0.1, 0.15) is 38.2 Å². The van der Waals surface area contributed by atoms with Crippen LogP contribution in [0.5, 0.6) is 5.75 Å². The molecule has 0 bridgehead atoms. The number of nitrogens with one attached hydrogen (secondary N) is 3. The highest BCUT2D eigenvalue weighted by Crippen LogP contribution is 2.22. The molecule has 1 aliphatic rings. The molecule has 0 aromatic heterocycles. The number of carbonyl (C=O) groups excluding carboxylic acids is 1. The van der Waals surface area contributed by atoms with Crippen LogP contribution in [0, 0.1) is 0 Å². The SMILES string of the molecule is CCNC(=NCCCC(=O)NC1CC1)NCCc1ccc(OC)cc1Cl.I. The van der Waals surface area contributed by atoms with Gasteiger partial charge in [0, 0.05) is 37.1 Å². The Hall–Kier alpha value is -1.22.